The standard InChI is InChI=1S/C14H11N3O5S/c18-14-7-9-6-10(4-5-13(9)15-14)16-23(21,22)12-3-1-2-11(8-12)17(19)20/h1-6,8,16H,7H2,(H,15,18). The van der Waals surface area contributed by atoms with Crippen LogP contribution in [0.25, 0.3) is 0 Å². The number of anilines is 2. The molecule has 0 aromatic heterocycles. The molecule has 0 fully saturated rings. The Bertz CT molecular complexity index is 924. The van der Waals surface area contributed by atoms with Gasteiger partial charge in [0.1, 0.15) is 0 Å². The maximum Gasteiger partial charge on any atom is 0.270 e. The first-order valence-corrected chi connectivity index (χ1v) is 8.03. The fraction of sp³-hybridized carbons (Fsp3) is 0.0714. The molecule has 23 heavy (non-hydrogen) atoms. The Morgan fingerprint density at radius 3 is 2.70 bits per heavy atom. The molecule has 0 unspecified atom stereocenters. The smallest absolute Gasteiger partial charge is 0.270 e. The van der Waals surface area contributed by atoms with Crippen molar-refractivity contribution in [2.45, 2.75) is 11.3 Å². The van der Waals surface area contributed by atoms with E-state index in [0.29, 0.717) is 11.3 Å². The average molecular weight is 333 g/mol. The lowest BCUT2D eigenvalue weighted by Crippen LogP contribution is -2.13. The molecule has 1 amide bonds. The van der Waals surface area contributed by atoms with E-state index >= 15 is 0 Å². The Morgan fingerprint density at radius 2 is 1.96 bits per heavy atom. The highest BCUT2D eigenvalue weighted by Crippen LogP contribution is 2.27. The van der Waals surface area contributed by atoms with E-state index in [1.807, 2.05) is 0 Å². The number of nitro benzene ring substituents is 1. The molecule has 3 rings (SSSR count). The molecular weight excluding hydrogens is 322 g/mol. The summed E-state index contributed by atoms with van der Waals surface area (Å²) in [5.74, 6) is -0.154. The molecule has 1 aliphatic heterocycles. The Hall–Kier alpha value is -2.94. The fourth-order valence-corrected chi connectivity index (χ4v) is 3.36. The first-order valence-electron chi connectivity index (χ1n) is 6.55. The first-order chi connectivity index (χ1) is 10.8. The minimum atomic E-state index is -3.96. The molecule has 0 bridgehead atoms. The fourth-order valence-electron chi connectivity index (χ4n) is 2.27. The van der Waals surface area contributed by atoms with Gasteiger partial charge in [-0.15, -0.1) is 0 Å². The lowest BCUT2D eigenvalue weighted by molar-refractivity contribution is -0.385. The lowest BCUT2D eigenvalue weighted by Gasteiger charge is -2.09. The van der Waals surface area contributed by atoms with Crippen LogP contribution in [0.2, 0.25) is 0 Å². The number of rotatable bonds is 4. The van der Waals surface area contributed by atoms with Crippen molar-refractivity contribution in [3.8, 4) is 0 Å². The van der Waals surface area contributed by atoms with Crippen LogP contribution in [0.5, 0.6) is 0 Å². The van der Waals surface area contributed by atoms with Gasteiger partial charge in [-0.25, -0.2) is 8.42 Å². The zero-order valence-electron chi connectivity index (χ0n) is 11.6. The van der Waals surface area contributed by atoms with E-state index < -0.39 is 14.9 Å². The molecule has 1 aliphatic rings. The Labute approximate surface area is 131 Å². The van der Waals surface area contributed by atoms with Gasteiger partial charge in [0, 0.05) is 23.5 Å². The largest absolute Gasteiger partial charge is 0.326 e. The Morgan fingerprint density at radius 1 is 1.17 bits per heavy atom. The van der Waals surface area contributed by atoms with Crippen LogP contribution in [0, 0.1) is 10.1 Å². The molecule has 2 N–H and O–H groups in total. The minimum absolute atomic E-state index is 0.154. The number of nitro groups is 1. The van der Waals surface area contributed by atoms with Crippen LogP contribution in [-0.2, 0) is 21.2 Å². The van der Waals surface area contributed by atoms with Crippen molar-refractivity contribution in [2.75, 3.05) is 10.0 Å². The summed E-state index contributed by atoms with van der Waals surface area (Å²) < 4.78 is 27.0. The second-order valence-corrected chi connectivity index (χ2v) is 6.64. The minimum Gasteiger partial charge on any atom is -0.326 e. The van der Waals surface area contributed by atoms with E-state index in [1.54, 1.807) is 12.1 Å². The van der Waals surface area contributed by atoms with E-state index in [4.69, 9.17) is 0 Å². The summed E-state index contributed by atoms with van der Waals surface area (Å²) >= 11 is 0. The summed E-state index contributed by atoms with van der Waals surface area (Å²) in [6.07, 6.45) is 0.182. The molecule has 0 saturated heterocycles. The van der Waals surface area contributed by atoms with Gasteiger partial charge in [0.25, 0.3) is 15.7 Å². The van der Waals surface area contributed by atoms with Crippen LogP contribution in [-0.4, -0.2) is 19.2 Å². The van der Waals surface area contributed by atoms with Gasteiger partial charge in [-0.3, -0.25) is 19.6 Å². The highest BCUT2D eigenvalue weighted by molar-refractivity contribution is 7.92. The van der Waals surface area contributed by atoms with Crippen molar-refractivity contribution in [3.05, 3.63) is 58.1 Å². The number of carbonyl (C=O) groups is 1. The van der Waals surface area contributed by atoms with Gasteiger partial charge < -0.3 is 5.32 Å². The van der Waals surface area contributed by atoms with Crippen molar-refractivity contribution in [3.63, 3.8) is 0 Å². The number of fused-ring (bicyclic) bond motifs is 1. The van der Waals surface area contributed by atoms with Gasteiger partial charge in [-0.05, 0) is 29.8 Å². The third kappa shape index (κ3) is 2.99. The van der Waals surface area contributed by atoms with E-state index in [2.05, 4.69) is 10.0 Å². The molecule has 1 heterocycles. The van der Waals surface area contributed by atoms with Crippen molar-refractivity contribution in [1.29, 1.82) is 0 Å². The predicted molar refractivity (Wildman–Crippen MR) is 82.7 cm³/mol. The number of benzene rings is 2. The topological polar surface area (TPSA) is 118 Å². The maximum absolute atomic E-state index is 12.3. The molecule has 8 nitrogen and oxygen atoms in total. The molecule has 9 heteroatoms. The van der Waals surface area contributed by atoms with Crippen LogP contribution in [0.3, 0.4) is 0 Å². The Balaban J connectivity index is 1.90. The normalized spacial score (nSPS) is 13.3. The van der Waals surface area contributed by atoms with Crippen molar-refractivity contribution >= 4 is 33.0 Å². The summed E-state index contributed by atoms with van der Waals surface area (Å²) in [6, 6.07) is 9.45. The van der Waals surface area contributed by atoms with Crippen LogP contribution in [0.4, 0.5) is 17.1 Å². The zero-order valence-corrected chi connectivity index (χ0v) is 12.5. The van der Waals surface area contributed by atoms with E-state index in [-0.39, 0.29) is 28.6 Å². The maximum atomic E-state index is 12.3. The van der Waals surface area contributed by atoms with Gasteiger partial charge in [0.05, 0.1) is 16.2 Å². The van der Waals surface area contributed by atoms with Gasteiger partial charge in [-0.2, -0.15) is 0 Å². The summed E-state index contributed by atoms with van der Waals surface area (Å²) in [5.41, 5.74) is 1.31. The second-order valence-electron chi connectivity index (χ2n) is 4.96. The van der Waals surface area contributed by atoms with Crippen LogP contribution in [0.15, 0.2) is 47.4 Å². The van der Waals surface area contributed by atoms with Gasteiger partial charge in [0.15, 0.2) is 0 Å². The summed E-state index contributed by atoms with van der Waals surface area (Å²) in [5, 5.41) is 13.4. The quantitative estimate of drug-likeness (QED) is 0.654. The molecule has 0 spiro atoms. The number of hydrogen-bond acceptors (Lipinski definition) is 5. The van der Waals surface area contributed by atoms with Gasteiger partial charge >= 0.3 is 0 Å². The SMILES string of the molecule is O=C1Cc2cc(NS(=O)(=O)c3cccc([N+](=O)[O-])c3)ccc2N1. The predicted octanol–water partition coefficient (Wildman–Crippen LogP) is 1.89. The second kappa shape index (κ2) is 5.36. The van der Waals surface area contributed by atoms with Gasteiger partial charge in [-0.1, -0.05) is 6.07 Å². The molecule has 0 aliphatic carbocycles. The van der Waals surface area contributed by atoms with E-state index in [9.17, 15) is 23.3 Å². The number of nitrogens with zero attached hydrogens (tertiary/aromatic N) is 1. The van der Waals surface area contributed by atoms with Crippen LogP contribution >= 0.6 is 0 Å². The molecule has 0 saturated carbocycles. The van der Waals surface area contributed by atoms with E-state index in [1.165, 1.54) is 24.3 Å². The van der Waals surface area contributed by atoms with Crippen LogP contribution in [0.1, 0.15) is 5.56 Å². The van der Waals surface area contributed by atoms with Crippen molar-refractivity contribution < 1.29 is 18.1 Å². The number of sulfonamides is 1. The first kappa shape index (κ1) is 15.0. The molecule has 118 valence electrons. The summed E-state index contributed by atoms with van der Waals surface area (Å²) in [7, 11) is -3.96. The van der Waals surface area contributed by atoms with Gasteiger partial charge in [0.2, 0.25) is 5.91 Å². The molecule has 0 atom stereocenters. The van der Waals surface area contributed by atoms with E-state index in [0.717, 1.165) is 6.07 Å². The zero-order chi connectivity index (χ0) is 16.6. The Kier molecular flexibility index (Phi) is 3.49. The number of nitrogens with one attached hydrogen (secondary N) is 2. The third-order valence-corrected chi connectivity index (χ3v) is 4.70. The lowest BCUT2D eigenvalue weighted by atomic mass is 10.1. The molecule has 0 radical (unpaired) electrons. The number of amides is 1. The molecular formula is C14H11N3O5S. The highest BCUT2D eigenvalue weighted by Gasteiger charge is 2.21. The molecule has 2 aromatic rings. The average Bonchev–Trinajstić information content (AvgIpc) is 2.86. The summed E-state index contributed by atoms with van der Waals surface area (Å²) in [6.45, 7) is 0. The third-order valence-electron chi connectivity index (χ3n) is 3.32. The van der Waals surface area contributed by atoms with Crippen molar-refractivity contribution in [1.82, 2.24) is 0 Å². The molecule has 2 aromatic carbocycles. The summed E-state index contributed by atoms with van der Waals surface area (Å²) in [4.78, 5) is 21.2. The number of non-ortho nitro benzene ring substituents is 1. The number of carbonyl (C=O) groups excluding carboxylic acids is 1. The number of hydrogen-bond donors (Lipinski definition) is 2. The van der Waals surface area contributed by atoms with Crippen LogP contribution < -0.4 is 10.0 Å². The van der Waals surface area contributed by atoms with Crippen molar-refractivity contribution in [2.24, 2.45) is 0 Å². The monoisotopic (exact) mass is 333 g/mol. The highest BCUT2D eigenvalue weighted by atomic mass is 32.2.